The molecule has 5 nitrogen and oxygen atoms in total. The molecule has 0 atom stereocenters. The second-order valence-corrected chi connectivity index (χ2v) is 4.32. The monoisotopic (exact) mass is 290 g/mol. The smallest absolute Gasteiger partial charge is 0.346 e. The molecule has 0 aliphatic heterocycles. The van der Waals surface area contributed by atoms with Crippen LogP contribution in [0.2, 0.25) is 5.02 Å². The van der Waals surface area contributed by atoms with Gasteiger partial charge in [-0.1, -0.05) is 34.9 Å². The highest BCUT2D eigenvalue weighted by Crippen LogP contribution is 2.23. The van der Waals surface area contributed by atoms with Gasteiger partial charge in [-0.15, -0.1) is 0 Å². The van der Waals surface area contributed by atoms with E-state index in [2.05, 4.69) is 15.5 Å². The Balaban J connectivity index is 1.98. The highest BCUT2D eigenvalue weighted by molar-refractivity contribution is 6.30. The molecule has 0 aliphatic carbocycles. The van der Waals surface area contributed by atoms with Gasteiger partial charge in [0.1, 0.15) is 11.4 Å². The molecule has 2 aromatic carbocycles. The van der Waals surface area contributed by atoms with Crippen molar-refractivity contribution in [1.82, 2.24) is 20.2 Å². The first-order valence-corrected chi connectivity index (χ1v) is 6.08. The lowest BCUT2D eigenvalue weighted by molar-refractivity contribution is 0.424. The van der Waals surface area contributed by atoms with Crippen LogP contribution in [0.4, 0.5) is 4.39 Å². The van der Waals surface area contributed by atoms with Crippen LogP contribution in [0.5, 0.6) is 11.8 Å². The fourth-order valence-corrected chi connectivity index (χ4v) is 1.80. The van der Waals surface area contributed by atoms with E-state index >= 15 is 0 Å². The fraction of sp³-hybridized carbons (Fsp3) is 0. The Kier molecular flexibility index (Phi) is 3.30. The molecule has 0 spiro atoms. The molecule has 0 amide bonds. The van der Waals surface area contributed by atoms with Gasteiger partial charge in [-0.2, -0.15) is 4.68 Å². The molecule has 0 saturated carbocycles. The lowest BCUT2D eigenvalue weighted by Crippen LogP contribution is -2.02. The second kappa shape index (κ2) is 5.26. The number of halogens is 2. The molecule has 0 saturated heterocycles. The van der Waals surface area contributed by atoms with Gasteiger partial charge in [0, 0.05) is 5.02 Å². The first-order valence-electron chi connectivity index (χ1n) is 5.71. The third-order valence-electron chi connectivity index (χ3n) is 2.53. The molecule has 7 heteroatoms. The standard InChI is InChI=1S/C13H8ClFN4O/c14-9-6-7-12(11(15)8-9)19-13(16-17-18-19)20-10-4-2-1-3-5-10/h1-8H. The van der Waals surface area contributed by atoms with Crippen LogP contribution in [0.1, 0.15) is 0 Å². The average Bonchev–Trinajstić information content (AvgIpc) is 2.88. The van der Waals surface area contributed by atoms with Crippen molar-refractivity contribution in [3.05, 3.63) is 59.4 Å². The number of benzene rings is 2. The predicted molar refractivity (Wildman–Crippen MR) is 70.6 cm³/mol. The highest BCUT2D eigenvalue weighted by atomic mass is 35.5. The molecule has 0 radical (unpaired) electrons. The summed E-state index contributed by atoms with van der Waals surface area (Å²) >= 11 is 5.72. The SMILES string of the molecule is Fc1cc(Cl)ccc1-n1nnnc1Oc1ccccc1. The number of ether oxygens (including phenoxy) is 1. The van der Waals surface area contributed by atoms with E-state index in [1.54, 1.807) is 18.2 Å². The lowest BCUT2D eigenvalue weighted by atomic mass is 10.3. The summed E-state index contributed by atoms with van der Waals surface area (Å²) < 4.78 is 20.6. The van der Waals surface area contributed by atoms with Crippen LogP contribution in [-0.2, 0) is 0 Å². The number of hydrogen-bond donors (Lipinski definition) is 0. The Morgan fingerprint density at radius 3 is 2.65 bits per heavy atom. The molecule has 0 unspecified atom stereocenters. The largest absolute Gasteiger partial charge is 0.423 e. The van der Waals surface area contributed by atoms with Gasteiger partial charge in [0.2, 0.25) is 0 Å². The van der Waals surface area contributed by atoms with Crippen molar-refractivity contribution in [3.63, 3.8) is 0 Å². The number of aromatic nitrogens is 4. The third-order valence-corrected chi connectivity index (χ3v) is 2.77. The Hall–Kier alpha value is -2.47. The number of rotatable bonds is 3. The van der Waals surface area contributed by atoms with Crippen LogP contribution in [0.15, 0.2) is 48.5 Å². The molecule has 0 bridgehead atoms. The molecule has 100 valence electrons. The fourth-order valence-electron chi connectivity index (χ4n) is 1.64. The molecule has 3 rings (SSSR count). The number of hydrogen-bond acceptors (Lipinski definition) is 4. The summed E-state index contributed by atoms with van der Waals surface area (Å²) in [7, 11) is 0. The third kappa shape index (κ3) is 2.46. The maximum atomic E-state index is 13.9. The van der Waals surface area contributed by atoms with Crippen molar-refractivity contribution in [2.75, 3.05) is 0 Å². The van der Waals surface area contributed by atoms with Crippen molar-refractivity contribution in [1.29, 1.82) is 0 Å². The van der Waals surface area contributed by atoms with E-state index in [0.29, 0.717) is 10.8 Å². The van der Waals surface area contributed by atoms with Crippen LogP contribution in [0.25, 0.3) is 5.69 Å². The van der Waals surface area contributed by atoms with Gasteiger partial charge in [-0.05, 0) is 40.8 Å². The van der Waals surface area contributed by atoms with E-state index < -0.39 is 5.82 Å². The minimum absolute atomic E-state index is 0.0671. The quantitative estimate of drug-likeness (QED) is 0.743. The molecule has 3 aromatic rings. The molecule has 0 fully saturated rings. The van der Waals surface area contributed by atoms with Crippen LogP contribution in [-0.4, -0.2) is 20.2 Å². The molecule has 0 N–H and O–H groups in total. The Bertz CT molecular complexity index is 732. The van der Waals surface area contributed by atoms with Gasteiger partial charge < -0.3 is 4.74 Å². The van der Waals surface area contributed by atoms with Gasteiger partial charge >= 0.3 is 6.01 Å². The number of nitrogens with zero attached hydrogens (tertiary/aromatic N) is 4. The zero-order valence-corrected chi connectivity index (χ0v) is 10.8. The van der Waals surface area contributed by atoms with E-state index in [9.17, 15) is 4.39 Å². The van der Waals surface area contributed by atoms with E-state index in [1.165, 1.54) is 16.8 Å². The zero-order valence-electron chi connectivity index (χ0n) is 10.1. The highest BCUT2D eigenvalue weighted by Gasteiger charge is 2.14. The normalized spacial score (nSPS) is 10.5. The van der Waals surface area contributed by atoms with Crippen LogP contribution in [0.3, 0.4) is 0 Å². The van der Waals surface area contributed by atoms with Crippen molar-refractivity contribution in [3.8, 4) is 17.4 Å². The number of tetrazole rings is 1. The zero-order chi connectivity index (χ0) is 13.9. The van der Waals surface area contributed by atoms with Gasteiger partial charge in [-0.25, -0.2) is 4.39 Å². The summed E-state index contributed by atoms with van der Waals surface area (Å²) in [4.78, 5) is 0. The van der Waals surface area contributed by atoms with Gasteiger partial charge in [0.25, 0.3) is 0 Å². The van der Waals surface area contributed by atoms with E-state index in [0.717, 1.165) is 0 Å². The van der Waals surface area contributed by atoms with E-state index in [1.807, 2.05) is 18.2 Å². The second-order valence-electron chi connectivity index (χ2n) is 3.88. The lowest BCUT2D eigenvalue weighted by Gasteiger charge is -2.06. The minimum Gasteiger partial charge on any atom is -0.423 e. The van der Waals surface area contributed by atoms with Crippen molar-refractivity contribution < 1.29 is 9.13 Å². The number of para-hydroxylation sites is 1. The van der Waals surface area contributed by atoms with Gasteiger partial charge in [-0.3, -0.25) is 0 Å². The first kappa shape index (κ1) is 12.6. The van der Waals surface area contributed by atoms with Crippen molar-refractivity contribution in [2.24, 2.45) is 0 Å². The minimum atomic E-state index is -0.539. The Labute approximate surface area is 118 Å². The first-order chi connectivity index (χ1) is 9.74. The van der Waals surface area contributed by atoms with Crippen molar-refractivity contribution in [2.45, 2.75) is 0 Å². The summed E-state index contributed by atoms with van der Waals surface area (Å²) in [6, 6.07) is 13.3. The topological polar surface area (TPSA) is 52.8 Å². The van der Waals surface area contributed by atoms with Gasteiger partial charge in [0.15, 0.2) is 5.82 Å². The predicted octanol–water partition coefficient (Wildman–Crippen LogP) is 3.25. The maximum absolute atomic E-state index is 13.9. The molecular weight excluding hydrogens is 283 g/mol. The summed E-state index contributed by atoms with van der Waals surface area (Å²) in [6.07, 6.45) is 0. The van der Waals surface area contributed by atoms with Gasteiger partial charge in [0.05, 0.1) is 0 Å². The molecule has 1 heterocycles. The summed E-state index contributed by atoms with van der Waals surface area (Å²) in [5.74, 6) is 0.0145. The molecule has 1 aromatic heterocycles. The van der Waals surface area contributed by atoms with Crippen LogP contribution in [0, 0.1) is 5.82 Å². The summed E-state index contributed by atoms with van der Waals surface area (Å²) in [6.45, 7) is 0. The van der Waals surface area contributed by atoms with Crippen molar-refractivity contribution >= 4 is 11.6 Å². The van der Waals surface area contributed by atoms with Crippen LogP contribution < -0.4 is 4.74 Å². The van der Waals surface area contributed by atoms with Crippen LogP contribution >= 0.6 is 11.6 Å². The Morgan fingerprint density at radius 1 is 1.10 bits per heavy atom. The Morgan fingerprint density at radius 2 is 1.90 bits per heavy atom. The maximum Gasteiger partial charge on any atom is 0.346 e. The average molecular weight is 291 g/mol. The molecule has 20 heavy (non-hydrogen) atoms. The molecular formula is C13H8ClFN4O. The molecule has 0 aliphatic rings. The summed E-state index contributed by atoms with van der Waals surface area (Å²) in [5, 5.41) is 11.2. The summed E-state index contributed by atoms with van der Waals surface area (Å²) in [5.41, 5.74) is 0.158. The van der Waals surface area contributed by atoms with E-state index in [4.69, 9.17) is 16.3 Å². The van der Waals surface area contributed by atoms with E-state index in [-0.39, 0.29) is 11.7 Å².